The van der Waals surface area contributed by atoms with E-state index in [-0.39, 0.29) is 5.75 Å². The molecule has 2 rings (SSSR count). The van der Waals surface area contributed by atoms with Crippen LogP contribution in [0.1, 0.15) is 11.8 Å². The molecule has 1 heterocycles. The van der Waals surface area contributed by atoms with Crippen LogP contribution in [0.2, 0.25) is 0 Å². The maximum atomic E-state index is 12.0. The van der Waals surface area contributed by atoms with Crippen LogP contribution in [0.15, 0.2) is 30.5 Å². The van der Waals surface area contributed by atoms with Crippen LogP contribution in [0, 0.1) is 0 Å². The molecule has 0 spiro atoms. The van der Waals surface area contributed by atoms with Gasteiger partial charge in [0.2, 0.25) is 0 Å². The summed E-state index contributed by atoms with van der Waals surface area (Å²) in [5.41, 5.74) is 0.898. The Morgan fingerprint density at radius 1 is 1.32 bits per heavy atom. The highest BCUT2D eigenvalue weighted by Gasteiger charge is 2.07. The minimum atomic E-state index is -2.79. The monoisotopic (exact) mass is 284 g/mol. The van der Waals surface area contributed by atoms with Gasteiger partial charge in [-0.3, -0.25) is 0 Å². The lowest BCUT2D eigenvalue weighted by Gasteiger charge is -2.04. The molecule has 0 aliphatic carbocycles. The van der Waals surface area contributed by atoms with E-state index in [2.05, 4.69) is 15.0 Å². The van der Waals surface area contributed by atoms with Crippen LogP contribution >= 0.6 is 11.3 Å². The van der Waals surface area contributed by atoms with Crippen LogP contribution in [-0.4, -0.2) is 18.1 Å². The summed E-state index contributed by atoms with van der Waals surface area (Å²) in [6, 6.07) is 6.50. The first-order valence-electron chi connectivity index (χ1n) is 5.89. The highest BCUT2D eigenvalue weighted by Crippen LogP contribution is 2.27. The molecule has 0 saturated heterocycles. The van der Waals surface area contributed by atoms with Gasteiger partial charge in [-0.2, -0.15) is 8.78 Å². The van der Waals surface area contributed by atoms with Gasteiger partial charge in [-0.25, -0.2) is 4.98 Å². The van der Waals surface area contributed by atoms with Crippen LogP contribution in [0.5, 0.6) is 5.75 Å². The van der Waals surface area contributed by atoms with Crippen molar-refractivity contribution in [2.75, 3.05) is 6.54 Å². The molecule has 2 aromatic rings. The number of aromatic nitrogens is 1. The fourth-order valence-corrected chi connectivity index (χ4v) is 2.44. The maximum Gasteiger partial charge on any atom is 0.387 e. The van der Waals surface area contributed by atoms with E-state index in [4.69, 9.17) is 0 Å². The summed E-state index contributed by atoms with van der Waals surface area (Å²) in [6.07, 6.45) is 1.83. The number of nitrogens with one attached hydrogen (secondary N) is 1. The largest absolute Gasteiger partial charge is 0.435 e. The van der Waals surface area contributed by atoms with E-state index >= 15 is 0 Å². The minimum Gasteiger partial charge on any atom is -0.435 e. The second kappa shape index (κ2) is 6.58. The first-order chi connectivity index (χ1) is 9.19. The van der Waals surface area contributed by atoms with Crippen molar-refractivity contribution in [1.29, 1.82) is 0 Å². The van der Waals surface area contributed by atoms with Crippen LogP contribution in [0.4, 0.5) is 8.78 Å². The zero-order valence-corrected chi connectivity index (χ0v) is 11.2. The highest BCUT2D eigenvalue weighted by atomic mass is 32.1. The number of thiazole rings is 1. The van der Waals surface area contributed by atoms with Crippen molar-refractivity contribution in [3.8, 4) is 16.3 Å². The van der Waals surface area contributed by atoms with Gasteiger partial charge in [0.05, 0.1) is 0 Å². The smallest absolute Gasteiger partial charge is 0.387 e. The number of halogens is 2. The lowest BCUT2D eigenvalue weighted by atomic mass is 10.2. The van der Waals surface area contributed by atoms with Gasteiger partial charge < -0.3 is 10.1 Å². The summed E-state index contributed by atoms with van der Waals surface area (Å²) >= 11 is 1.58. The number of alkyl halides is 2. The molecule has 6 heteroatoms. The number of hydrogen-bond donors (Lipinski definition) is 1. The van der Waals surface area contributed by atoms with E-state index in [1.165, 1.54) is 12.1 Å². The zero-order chi connectivity index (χ0) is 13.7. The molecular weight excluding hydrogens is 270 g/mol. The van der Waals surface area contributed by atoms with Gasteiger partial charge in [-0.15, -0.1) is 11.3 Å². The summed E-state index contributed by atoms with van der Waals surface area (Å²) < 4.78 is 28.4. The Kier molecular flexibility index (Phi) is 4.81. The Hall–Kier alpha value is -1.53. The van der Waals surface area contributed by atoms with E-state index in [0.29, 0.717) is 0 Å². The Balaban J connectivity index is 2.07. The molecule has 0 atom stereocenters. The van der Waals surface area contributed by atoms with E-state index in [1.807, 2.05) is 13.1 Å². The third kappa shape index (κ3) is 3.97. The van der Waals surface area contributed by atoms with Gasteiger partial charge in [0, 0.05) is 23.2 Å². The molecular formula is C13H14F2N2OS. The summed E-state index contributed by atoms with van der Waals surface area (Å²) in [6.45, 7) is 0.953. The summed E-state index contributed by atoms with van der Waals surface area (Å²) in [5.74, 6) is 0.156. The lowest BCUT2D eigenvalue weighted by molar-refractivity contribution is -0.0498. The Morgan fingerprint density at radius 3 is 2.68 bits per heavy atom. The van der Waals surface area contributed by atoms with E-state index < -0.39 is 6.61 Å². The fourth-order valence-electron chi connectivity index (χ4n) is 1.55. The van der Waals surface area contributed by atoms with Crippen molar-refractivity contribution in [2.45, 2.75) is 20.1 Å². The number of benzene rings is 1. The second-order valence-corrected chi connectivity index (χ2v) is 4.93. The molecule has 0 radical (unpaired) electrons. The number of ether oxygens (including phenoxy) is 1. The van der Waals surface area contributed by atoms with Gasteiger partial charge in [0.1, 0.15) is 10.8 Å². The number of rotatable bonds is 6. The molecule has 0 aliphatic heterocycles. The van der Waals surface area contributed by atoms with Crippen molar-refractivity contribution in [3.63, 3.8) is 0 Å². The standard InChI is InChI=1S/C13H14F2N2OS/c1-2-16-7-11-8-17-12(19-11)9-3-5-10(6-4-9)18-13(14)15/h3-6,8,13,16H,2,7H2,1H3. The summed E-state index contributed by atoms with van der Waals surface area (Å²) in [5, 5.41) is 4.10. The Bertz CT molecular complexity index is 514. The average molecular weight is 284 g/mol. The molecule has 0 bridgehead atoms. The highest BCUT2D eigenvalue weighted by molar-refractivity contribution is 7.15. The van der Waals surface area contributed by atoms with E-state index in [9.17, 15) is 8.78 Å². The number of nitrogens with zero attached hydrogens (tertiary/aromatic N) is 1. The first kappa shape index (κ1) is 13.9. The molecule has 0 saturated carbocycles. The van der Waals surface area contributed by atoms with E-state index in [0.717, 1.165) is 28.5 Å². The molecule has 0 aliphatic rings. The van der Waals surface area contributed by atoms with Crippen molar-refractivity contribution >= 4 is 11.3 Å². The molecule has 19 heavy (non-hydrogen) atoms. The van der Waals surface area contributed by atoms with E-state index in [1.54, 1.807) is 23.5 Å². The van der Waals surface area contributed by atoms with Gasteiger partial charge in [-0.1, -0.05) is 6.92 Å². The van der Waals surface area contributed by atoms with Crippen LogP contribution < -0.4 is 10.1 Å². The van der Waals surface area contributed by atoms with Gasteiger partial charge in [-0.05, 0) is 30.8 Å². The van der Waals surface area contributed by atoms with Gasteiger partial charge >= 0.3 is 6.61 Å². The molecule has 1 N–H and O–H groups in total. The topological polar surface area (TPSA) is 34.2 Å². The fraction of sp³-hybridized carbons (Fsp3) is 0.308. The van der Waals surface area contributed by atoms with Crippen molar-refractivity contribution in [3.05, 3.63) is 35.3 Å². The molecule has 1 aromatic heterocycles. The SMILES string of the molecule is CCNCc1cnc(-c2ccc(OC(F)F)cc2)s1. The number of hydrogen-bond acceptors (Lipinski definition) is 4. The zero-order valence-electron chi connectivity index (χ0n) is 10.4. The molecule has 0 unspecified atom stereocenters. The Labute approximate surface area is 114 Å². The third-order valence-electron chi connectivity index (χ3n) is 2.43. The molecule has 0 fully saturated rings. The maximum absolute atomic E-state index is 12.0. The van der Waals surface area contributed by atoms with Crippen LogP contribution in [0.3, 0.4) is 0 Å². The van der Waals surface area contributed by atoms with Gasteiger partial charge in [0.15, 0.2) is 0 Å². The molecule has 1 aromatic carbocycles. The van der Waals surface area contributed by atoms with Gasteiger partial charge in [0.25, 0.3) is 0 Å². The third-order valence-corrected chi connectivity index (χ3v) is 3.48. The van der Waals surface area contributed by atoms with Crippen LogP contribution in [0.25, 0.3) is 10.6 Å². The van der Waals surface area contributed by atoms with Crippen molar-refractivity contribution in [1.82, 2.24) is 10.3 Å². The van der Waals surface area contributed by atoms with Crippen molar-refractivity contribution < 1.29 is 13.5 Å². The quantitative estimate of drug-likeness (QED) is 0.881. The summed E-state index contributed by atoms with van der Waals surface area (Å²) in [4.78, 5) is 5.46. The molecule has 3 nitrogen and oxygen atoms in total. The van der Waals surface area contributed by atoms with Crippen molar-refractivity contribution in [2.24, 2.45) is 0 Å². The molecule has 102 valence electrons. The van der Waals surface area contributed by atoms with Crippen LogP contribution in [-0.2, 0) is 6.54 Å². The molecule has 0 amide bonds. The summed E-state index contributed by atoms with van der Waals surface area (Å²) in [7, 11) is 0. The Morgan fingerprint density at radius 2 is 2.05 bits per heavy atom. The first-order valence-corrected chi connectivity index (χ1v) is 6.71. The lowest BCUT2D eigenvalue weighted by Crippen LogP contribution is -2.10. The minimum absolute atomic E-state index is 0.156. The average Bonchev–Trinajstić information content (AvgIpc) is 2.85. The predicted molar refractivity (Wildman–Crippen MR) is 71.6 cm³/mol. The predicted octanol–water partition coefficient (Wildman–Crippen LogP) is 3.52. The second-order valence-electron chi connectivity index (χ2n) is 3.81. The normalized spacial score (nSPS) is 10.9.